The van der Waals surface area contributed by atoms with E-state index in [0.717, 1.165) is 12.5 Å². The number of rotatable bonds is 3. The van der Waals surface area contributed by atoms with Gasteiger partial charge in [-0.15, -0.1) is 0 Å². The molecule has 2 atom stereocenters. The van der Waals surface area contributed by atoms with Gasteiger partial charge in [0.25, 0.3) is 0 Å². The van der Waals surface area contributed by atoms with Gasteiger partial charge in [0.15, 0.2) is 11.6 Å². The molecule has 1 saturated heterocycles. The highest BCUT2D eigenvalue weighted by Crippen LogP contribution is 2.26. The van der Waals surface area contributed by atoms with Crippen LogP contribution in [0.25, 0.3) is 0 Å². The number of hydrogen-bond acceptors (Lipinski definition) is 2. The van der Waals surface area contributed by atoms with Crippen LogP contribution in [0, 0.1) is 17.5 Å². The molecule has 1 heterocycles. The zero-order valence-corrected chi connectivity index (χ0v) is 10.4. The molecule has 0 saturated carbocycles. The second kappa shape index (κ2) is 4.90. The van der Waals surface area contributed by atoms with Crippen LogP contribution in [0.15, 0.2) is 12.1 Å². The first-order valence-electron chi connectivity index (χ1n) is 5.92. The standard InChI is InChI=1S/C13H16F3NO/c1-8-13(2,3-4-18-8)17-7-9-5-11(15)12(16)6-10(9)14/h5-6,8,17H,3-4,7H2,1-2H3. The van der Waals surface area contributed by atoms with Crippen molar-refractivity contribution >= 4 is 0 Å². The Hall–Kier alpha value is -1.07. The molecule has 0 spiro atoms. The first-order chi connectivity index (χ1) is 8.42. The molecule has 100 valence electrons. The Morgan fingerprint density at radius 1 is 1.28 bits per heavy atom. The van der Waals surface area contributed by atoms with Crippen LogP contribution in [0.2, 0.25) is 0 Å². The summed E-state index contributed by atoms with van der Waals surface area (Å²) in [7, 11) is 0. The summed E-state index contributed by atoms with van der Waals surface area (Å²) in [5.74, 6) is -2.94. The fraction of sp³-hybridized carbons (Fsp3) is 0.538. The summed E-state index contributed by atoms with van der Waals surface area (Å²) >= 11 is 0. The normalized spacial score (nSPS) is 27.7. The molecule has 0 bridgehead atoms. The average Bonchev–Trinajstić information content (AvgIpc) is 2.63. The van der Waals surface area contributed by atoms with Gasteiger partial charge in [-0.25, -0.2) is 13.2 Å². The third-order valence-electron chi connectivity index (χ3n) is 3.66. The van der Waals surface area contributed by atoms with Crippen molar-refractivity contribution in [1.29, 1.82) is 0 Å². The maximum atomic E-state index is 13.4. The van der Waals surface area contributed by atoms with E-state index in [-0.39, 0.29) is 23.8 Å². The predicted molar refractivity (Wildman–Crippen MR) is 61.6 cm³/mol. The molecule has 18 heavy (non-hydrogen) atoms. The lowest BCUT2D eigenvalue weighted by Gasteiger charge is -2.29. The molecule has 1 aliphatic heterocycles. The van der Waals surface area contributed by atoms with Crippen molar-refractivity contribution in [2.45, 2.75) is 38.5 Å². The second-order valence-corrected chi connectivity index (χ2v) is 4.89. The zero-order chi connectivity index (χ0) is 13.3. The van der Waals surface area contributed by atoms with Gasteiger partial charge in [-0.3, -0.25) is 0 Å². The Morgan fingerprint density at radius 3 is 2.56 bits per heavy atom. The third kappa shape index (κ3) is 2.52. The predicted octanol–water partition coefficient (Wildman–Crippen LogP) is 2.76. The Balaban J connectivity index is 2.09. The number of halogens is 3. The Kier molecular flexibility index (Phi) is 3.64. The van der Waals surface area contributed by atoms with Crippen LogP contribution in [-0.2, 0) is 11.3 Å². The molecule has 0 aromatic heterocycles. The minimum atomic E-state index is -1.17. The van der Waals surface area contributed by atoms with Gasteiger partial charge in [-0.05, 0) is 26.3 Å². The van der Waals surface area contributed by atoms with E-state index in [9.17, 15) is 13.2 Å². The van der Waals surface area contributed by atoms with Gasteiger partial charge in [-0.2, -0.15) is 0 Å². The summed E-state index contributed by atoms with van der Waals surface area (Å²) in [6.45, 7) is 4.70. The maximum Gasteiger partial charge on any atom is 0.161 e. The lowest BCUT2D eigenvalue weighted by molar-refractivity contribution is 0.0880. The van der Waals surface area contributed by atoms with E-state index in [1.165, 1.54) is 0 Å². The molecule has 2 unspecified atom stereocenters. The first-order valence-corrected chi connectivity index (χ1v) is 5.92. The number of benzene rings is 1. The second-order valence-electron chi connectivity index (χ2n) is 4.89. The molecular weight excluding hydrogens is 243 g/mol. The summed E-state index contributed by atoms with van der Waals surface area (Å²) in [4.78, 5) is 0. The summed E-state index contributed by atoms with van der Waals surface area (Å²) in [6.07, 6.45) is 0.810. The fourth-order valence-electron chi connectivity index (χ4n) is 2.06. The van der Waals surface area contributed by atoms with E-state index in [2.05, 4.69) is 5.32 Å². The number of nitrogens with one attached hydrogen (secondary N) is 1. The van der Waals surface area contributed by atoms with Crippen molar-refractivity contribution in [1.82, 2.24) is 5.32 Å². The topological polar surface area (TPSA) is 21.3 Å². The number of ether oxygens (including phenoxy) is 1. The summed E-state index contributed by atoms with van der Waals surface area (Å²) in [6, 6.07) is 1.46. The van der Waals surface area contributed by atoms with Crippen LogP contribution in [0.5, 0.6) is 0 Å². The molecular formula is C13H16F3NO. The van der Waals surface area contributed by atoms with Crippen LogP contribution in [0.1, 0.15) is 25.8 Å². The molecule has 1 aromatic rings. The maximum absolute atomic E-state index is 13.4. The highest BCUT2D eigenvalue weighted by molar-refractivity contribution is 5.20. The summed E-state index contributed by atoms with van der Waals surface area (Å²) in [5, 5.41) is 3.16. The lowest BCUT2D eigenvalue weighted by Crippen LogP contribution is -2.47. The smallest absolute Gasteiger partial charge is 0.161 e. The minimum Gasteiger partial charge on any atom is -0.377 e. The van der Waals surface area contributed by atoms with Gasteiger partial charge < -0.3 is 10.1 Å². The Morgan fingerprint density at radius 2 is 1.94 bits per heavy atom. The molecule has 1 aromatic carbocycles. The molecule has 0 radical (unpaired) electrons. The van der Waals surface area contributed by atoms with Gasteiger partial charge >= 0.3 is 0 Å². The molecule has 0 amide bonds. The van der Waals surface area contributed by atoms with Gasteiger partial charge in [0.1, 0.15) is 5.82 Å². The molecule has 2 nitrogen and oxygen atoms in total. The van der Waals surface area contributed by atoms with Crippen molar-refractivity contribution < 1.29 is 17.9 Å². The quantitative estimate of drug-likeness (QED) is 0.843. The van der Waals surface area contributed by atoms with Crippen molar-refractivity contribution in [2.24, 2.45) is 0 Å². The van der Waals surface area contributed by atoms with Crippen molar-refractivity contribution in [3.63, 3.8) is 0 Å². The van der Waals surface area contributed by atoms with E-state index in [4.69, 9.17) is 4.74 Å². The lowest BCUT2D eigenvalue weighted by atomic mass is 9.94. The first kappa shape index (κ1) is 13.4. The van der Waals surface area contributed by atoms with Crippen molar-refractivity contribution in [3.05, 3.63) is 35.1 Å². The monoisotopic (exact) mass is 259 g/mol. The van der Waals surface area contributed by atoms with E-state index in [0.29, 0.717) is 12.7 Å². The van der Waals surface area contributed by atoms with Crippen LogP contribution < -0.4 is 5.32 Å². The highest BCUT2D eigenvalue weighted by atomic mass is 19.2. The Labute approximate surface area is 104 Å². The largest absolute Gasteiger partial charge is 0.377 e. The van der Waals surface area contributed by atoms with Gasteiger partial charge in [0, 0.05) is 30.3 Å². The van der Waals surface area contributed by atoms with Gasteiger partial charge in [0.2, 0.25) is 0 Å². The van der Waals surface area contributed by atoms with Crippen LogP contribution in [0.3, 0.4) is 0 Å². The molecule has 0 aliphatic carbocycles. The van der Waals surface area contributed by atoms with E-state index >= 15 is 0 Å². The van der Waals surface area contributed by atoms with Crippen LogP contribution >= 0.6 is 0 Å². The van der Waals surface area contributed by atoms with Gasteiger partial charge in [-0.1, -0.05) is 0 Å². The van der Waals surface area contributed by atoms with E-state index in [1.54, 1.807) is 0 Å². The third-order valence-corrected chi connectivity index (χ3v) is 3.66. The van der Waals surface area contributed by atoms with E-state index in [1.807, 2.05) is 13.8 Å². The minimum absolute atomic E-state index is 0.00542. The zero-order valence-electron chi connectivity index (χ0n) is 10.4. The molecule has 2 rings (SSSR count). The molecule has 1 aliphatic rings. The fourth-order valence-corrected chi connectivity index (χ4v) is 2.06. The van der Waals surface area contributed by atoms with Crippen LogP contribution in [-0.4, -0.2) is 18.2 Å². The van der Waals surface area contributed by atoms with Crippen LogP contribution in [0.4, 0.5) is 13.2 Å². The van der Waals surface area contributed by atoms with Gasteiger partial charge in [0.05, 0.1) is 6.10 Å². The summed E-state index contributed by atoms with van der Waals surface area (Å²) < 4.78 is 44.7. The molecule has 5 heteroatoms. The summed E-state index contributed by atoms with van der Waals surface area (Å²) in [5.41, 5.74) is -0.147. The van der Waals surface area contributed by atoms with Crippen molar-refractivity contribution in [2.75, 3.05) is 6.61 Å². The average molecular weight is 259 g/mol. The van der Waals surface area contributed by atoms with E-state index < -0.39 is 17.5 Å². The highest BCUT2D eigenvalue weighted by Gasteiger charge is 2.36. The van der Waals surface area contributed by atoms with Crippen molar-refractivity contribution in [3.8, 4) is 0 Å². The molecule has 1 N–H and O–H groups in total. The Bertz CT molecular complexity index is 452. The SMILES string of the molecule is CC1OCCC1(C)NCc1cc(F)c(F)cc1F. The number of hydrogen-bond donors (Lipinski definition) is 1. The molecule has 1 fully saturated rings.